The van der Waals surface area contributed by atoms with Gasteiger partial charge in [-0.15, -0.1) is 0 Å². The van der Waals surface area contributed by atoms with E-state index >= 15 is 0 Å². The molecule has 2 aliphatic heterocycles. The van der Waals surface area contributed by atoms with E-state index in [0.717, 1.165) is 32.5 Å². The Morgan fingerprint density at radius 2 is 1.82 bits per heavy atom. The van der Waals surface area contributed by atoms with Crippen molar-refractivity contribution in [2.75, 3.05) is 39.3 Å². The van der Waals surface area contributed by atoms with Gasteiger partial charge < -0.3 is 15.0 Å². The first-order valence-electron chi connectivity index (χ1n) is 10.5. The molecule has 0 spiro atoms. The molecular weight excluding hydrogens is 354 g/mol. The standard InChI is InChI=1S/C22H33N3O3/c1-17-14-24(15-18(2)28-17)11-6-10-23-22(27)20-13-21(26)25(16-20)12-9-19-7-4-3-5-8-19/h3-5,7-8,17-18,20H,6,9-16H2,1-2H3,(H,23,27)/t17-,18+,20-/m1/s1. The van der Waals surface area contributed by atoms with Crippen LogP contribution in [0.5, 0.6) is 0 Å². The van der Waals surface area contributed by atoms with E-state index in [4.69, 9.17) is 4.74 Å². The average Bonchev–Trinajstić information content (AvgIpc) is 3.04. The van der Waals surface area contributed by atoms with Gasteiger partial charge in [-0.05, 0) is 32.3 Å². The molecule has 2 fully saturated rings. The summed E-state index contributed by atoms with van der Waals surface area (Å²) < 4.78 is 5.75. The molecule has 1 aromatic rings. The second-order valence-electron chi connectivity index (χ2n) is 8.14. The third-order valence-electron chi connectivity index (χ3n) is 5.54. The van der Waals surface area contributed by atoms with Crippen molar-refractivity contribution in [1.82, 2.24) is 15.1 Å². The number of amides is 2. The zero-order valence-electron chi connectivity index (χ0n) is 17.1. The molecule has 0 unspecified atom stereocenters. The van der Waals surface area contributed by atoms with Crippen molar-refractivity contribution in [1.29, 1.82) is 0 Å². The third kappa shape index (κ3) is 6.04. The van der Waals surface area contributed by atoms with Crippen LogP contribution in [0.4, 0.5) is 0 Å². The normalized spacial score (nSPS) is 25.9. The van der Waals surface area contributed by atoms with E-state index in [2.05, 4.69) is 36.2 Å². The highest BCUT2D eigenvalue weighted by Gasteiger charge is 2.33. The Balaban J connectivity index is 1.34. The van der Waals surface area contributed by atoms with E-state index in [1.54, 1.807) is 0 Å². The topological polar surface area (TPSA) is 61.9 Å². The highest BCUT2D eigenvalue weighted by atomic mass is 16.5. The van der Waals surface area contributed by atoms with Gasteiger partial charge in [-0.25, -0.2) is 0 Å². The molecule has 154 valence electrons. The fourth-order valence-electron chi connectivity index (χ4n) is 4.20. The smallest absolute Gasteiger partial charge is 0.225 e. The van der Waals surface area contributed by atoms with E-state index in [0.29, 0.717) is 26.1 Å². The predicted octanol–water partition coefficient (Wildman–Crippen LogP) is 1.69. The van der Waals surface area contributed by atoms with Gasteiger partial charge in [0.2, 0.25) is 11.8 Å². The Morgan fingerprint density at radius 1 is 1.11 bits per heavy atom. The maximum Gasteiger partial charge on any atom is 0.225 e. The van der Waals surface area contributed by atoms with E-state index in [-0.39, 0.29) is 29.9 Å². The van der Waals surface area contributed by atoms with Crippen molar-refractivity contribution < 1.29 is 14.3 Å². The van der Waals surface area contributed by atoms with Gasteiger partial charge in [0.1, 0.15) is 0 Å². The zero-order chi connectivity index (χ0) is 19.9. The highest BCUT2D eigenvalue weighted by Crippen LogP contribution is 2.18. The lowest BCUT2D eigenvalue weighted by molar-refractivity contribution is -0.129. The molecule has 28 heavy (non-hydrogen) atoms. The van der Waals surface area contributed by atoms with Crippen molar-refractivity contribution in [2.24, 2.45) is 5.92 Å². The molecule has 3 atom stereocenters. The number of benzene rings is 1. The molecule has 3 rings (SSSR count). The largest absolute Gasteiger partial charge is 0.373 e. The molecule has 2 heterocycles. The van der Waals surface area contributed by atoms with Crippen LogP contribution in [-0.2, 0) is 20.7 Å². The lowest BCUT2D eigenvalue weighted by atomic mass is 10.1. The summed E-state index contributed by atoms with van der Waals surface area (Å²) in [6.07, 6.45) is 2.62. The molecule has 6 nitrogen and oxygen atoms in total. The summed E-state index contributed by atoms with van der Waals surface area (Å²) in [5.41, 5.74) is 1.22. The van der Waals surface area contributed by atoms with Crippen molar-refractivity contribution >= 4 is 11.8 Å². The van der Waals surface area contributed by atoms with Gasteiger partial charge in [0.25, 0.3) is 0 Å². The molecule has 6 heteroatoms. The molecule has 2 amide bonds. The van der Waals surface area contributed by atoms with Crippen LogP contribution >= 0.6 is 0 Å². The van der Waals surface area contributed by atoms with Crippen LogP contribution in [0, 0.1) is 5.92 Å². The number of hydrogen-bond donors (Lipinski definition) is 1. The van der Waals surface area contributed by atoms with Crippen molar-refractivity contribution in [3.05, 3.63) is 35.9 Å². The second kappa shape index (κ2) is 10.0. The van der Waals surface area contributed by atoms with Crippen LogP contribution in [0.25, 0.3) is 0 Å². The first-order valence-corrected chi connectivity index (χ1v) is 10.5. The van der Waals surface area contributed by atoms with Gasteiger partial charge in [-0.3, -0.25) is 14.5 Å². The maximum atomic E-state index is 12.4. The summed E-state index contributed by atoms with van der Waals surface area (Å²) in [6.45, 7) is 8.95. The minimum Gasteiger partial charge on any atom is -0.373 e. The maximum absolute atomic E-state index is 12.4. The van der Waals surface area contributed by atoms with Crippen LogP contribution in [0.15, 0.2) is 30.3 Å². The Bertz CT molecular complexity index is 642. The van der Waals surface area contributed by atoms with Gasteiger partial charge in [-0.2, -0.15) is 0 Å². The monoisotopic (exact) mass is 387 g/mol. The fraction of sp³-hybridized carbons (Fsp3) is 0.636. The van der Waals surface area contributed by atoms with Gasteiger partial charge in [0.05, 0.1) is 18.1 Å². The number of rotatable bonds is 8. The lowest BCUT2D eigenvalue weighted by Gasteiger charge is -2.35. The molecule has 0 bridgehead atoms. The number of nitrogens with zero attached hydrogens (tertiary/aromatic N) is 2. The van der Waals surface area contributed by atoms with Gasteiger partial charge in [0, 0.05) is 45.7 Å². The summed E-state index contributed by atoms with van der Waals surface area (Å²) >= 11 is 0. The highest BCUT2D eigenvalue weighted by molar-refractivity contribution is 5.89. The summed E-state index contributed by atoms with van der Waals surface area (Å²) in [7, 11) is 0. The lowest BCUT2D eigenvalue weighted by Crippen LogP contribution is -2.46. The van der Waals surface area contributed by atoms with Crippen molar-refractivity contribution in [3.8, 4) is 0 Å². The zero-order valence-corrected chi connectivity index (χ0v) is 17.1. The molecule has 1 aromatic carbocycles. The number of morpholine rings is 1. The molecule has 0 saturated carbocycles. The Hall–Kier alpha value is -1.92. The summed E-state index contributed by atoms with van der Waals surface area (Å²) in [4.78, 5) is 28.9. The van der Waals surface area contributed by atoms with Crippen LogP contribution in [0.1, 0.15) is 32.3 Å². The van der Waals surface area contributed by atoms with E-state index in [1.165, 1.54) is 5.56 Å². The molecule has 2 aliphatic rings. The van der Waals surface area contributed by atoms with E-state index in [1.807, 2.05) is 23.1 Å². The molecule has 0 aliphatic carbocycles. The first kappa shape index (κ1) is 20.8. The number of likely N-dealkylation sites (tertiary alicyclic amines) is 1. The quantitative estimate of drug-likeness (QED) is 0.690. The van der Waals surface area contributed by atoms with Crippen molar-refractivity contribution in [3.63, 3.8) is 0 Å². The SMILES string of the molecule is C[C@@H]1CN(CCCNC(=O)[C@@H]2CC(=O)N(CCc3ccccc3)C2)C[C@H](C)O1. The summed E-state index contributed by atoms with van der Waals surface area (Å²) in [6, 6.07) is 10.2. The van der Waals surface area contributed by atoms with Crippen molar-refractivity contribution in [2.45, 2.75) is 45.3 Å². The first-order chi connectivity index (χ1) is 13.5. The molecule has 0 radical (unpaired) electrons. The predicted molar refractivity (Wildman–Crippen MR) is 109 cm³/mol. The van der Waals surface area contributed by atoms with Gasteiger partial charge in [-0.1, -0.05) is 30.3 Å². The van der Waals surface area contributed by atoms with Crippen LogP contribution in [0.3, 0.4) is 0 Å². The minimum atomic E-state index is -0.216. The number of hydrogen-bond acceptors (Lipinski definition) is 4. The minimum absolute atomic E-state index is 0.0132. The van der Waals surface area contributed by atoms with Crippen LogP contribution in [0.2, 0.25) is 0 Å². The average molecular weight is 388 g/mol. The van der Waals surface area contributed by atoms with E-state index in [9.17, 15) is 9.59 Å². The Labute approximate surface area is 168 Å². The third-order valence-corrected chi connectivity index (χ3v) is 5.54. The van der Waals surface area contributed by atoms with Gasteiger partial charge in [0.15, 0.2) is 0 Å². The molecule has 2 saturated heterocycles. The van der Waals surface area contributed by atoms with Gasteiger partial charge >= 0.3 is 0 Å². The number of carbonyl (C=O) groups is 2. The fourth-order valence-corrected chi connectivity index (χ4v) is 4.20. The summed E-state index contributed by atoms with van der Waals surface area (Å²) in [5, 5.41) is 3.03. The molecule has 1 N–H and O–H groups in total. The second-order valence-corrected chi connectivity index (χ2v) is 8.14. The number of carbonyl (C=O) groups excluding carboxylic acids is 2. The Morgan fingerprint density at radius 3 is 2.54 bits per heavy atom. The number of ether oxygens (including phenoxy) is 1. The van der Waals surface area contributed by atoms with Crippen LogP contribution < -0.4 is 5.32 Å². The molecule has 0 aromatic heterocycles. The molecular formula is C22H33N3O3. The van der Waals surface area contributed by atoms with E-state index < -0.39 is 0 Å². The van der Waals surface area contributed by atoms with Crippen LogP contribution in [-0.4, -0.2) is 73.1 Å². The Kier molecular flexibility index (Phi) is 7.45. The number of nitrogens with one attached hydrogen (secondary N) is 1. The summed E-state index contributed by atoms with van der Waals surface area (Å²) in [5.74, 6) is -0.113.